The molecule has 0 spiro atoms. The van der Waals surface area contributed by atoms with E-state index >= 15 is 0 Å². The summed E-state index contributed by atoms with van der Waals surface area (Å²) in [5.41, 5.74) is 9.16. The number of pyridine rings is 1. The fraction of sp³-hybridized carbons (Fsp3) is 0.150. The van der Waals surface area contributed by atoms with Gasteiger partial charge in [-0.2, -0.15) is 0 Å². The molecule has 0 atom stereocenters. The maximum Gasteiger partial charge on any atom is 0.131 e. The Hall–Kier alpha value is -2.88. The van der Waals surface area contributed by atoms with Crippen LogP contribution in [0.1, 0.15) is 12.0 Å². The van der Waals surface area contributed by atoms with Crippen LogP contribution >= 0.6 is 0 Å². The second kappa shape index (κ2) is 7.59. The molecular formula is C20H20FN3. The number of nitrogen functional groups attached to an aromatic ring is 1. The first kappa shape index (κ1) is 16.0. The van der Waals surface area contributed by atoms with Crippen molar-refractivity contribution >= 4 is 11.5 Å². The Morgan fingerprint density at radius 2 is 1.71 bits per heavy atom. The molecule has 3 N–H and O–H groups in total. The Morgan fingerprint density at radius 1 is 0.958 bits per heavy atom. The number of nitrogens with two attached hydrogens (primary N) is 1. The lowest BCUT2D eigenvalue weighted by Gasteiger charge is -2.13. The molecule has 0 aliphatic rings. The van der Waals surface area contributed by atoms with Crippen molar-refractivity contribution in [1.82, 2.24) is 4.98 Å². The van der Waals surface area contributed by atoms with E-state index in [1.807, 2.05) is 24.3 Å². The molecule has 0 fully saturated rings. The number of aryl methyl sites for hydroxylation is 1. The summed E-state index contributed by atoms with van der Waals surface area (Å²) in [5, 5.41) is 3.36. The van der Waals surface area contributed by atoms with E-state index in [0.717, 1.165) is 30.6 Å². The summed E-state index contributed by atoms with van der Waals surface area (Å²) in [4.78, 5) is 4.10. The van der Waals surface area contributed by atoms with E-state index in [1.54, 1.807) is 24.4 Å². The van der Waals surface area contributed by atoms with Gasteiger partial charge in [-0.05, 0) is 24.5 Å². The summed E-state index contributed by atoms with van der Waals surface area (Å²) < 4.78 is 14.1. The van der Waals surface area contributed by atoms with E-state index in [0.29, 0.717) is 11.4 Å². The van der Waals surface area contributed by atoms with Gasteiger partial charge in [0.05, 0.1) is 0 Å². The van der Waals surface area contributed by atoms with Crippen LogP contribution in [0.15, 0.2) is 66.9 Å². The fourth-order valence-electron chi connectivity index (χ4n) is 2.67. The number of anilines is 2. The van der Waals surface area contributed by atoms with Gasteiger partial charge in [0.1, 0.15) is 11.6 Å². The van der Waals surface area contributed by atoms with Gasteiger partial charge in [0, 0.05) is 35.6 Å². The van der Waals surface area contributed by atoms with Crippen molar-refractivity contribution in [3.63, 3.8) is 0 Å². The highest BCUT2D eigenvalue weighted by atomic mass is 19.1. The standard InChI is InChI=1S/C20H20FN3/c21-18-11-5-4-10-16(18)17-14-24-20(22)13-19(17)23-12-6-9-15-7-2-1-3-8-15/h1-5,7-8,10-11,13-14H,6,9,12H2,(H3,22,23,24). The predicted molar refractivity (Wildman–Crippen MR) is 97.3 cm³/mol. The van der Waals surface area contributed by atoms with Crippen LogP contribution in [0, 0.1) is 5.82 Å². The van der Waals surface area contributed by atoms with Crippen molar-refractivity contribution < 1.29 is 4.39 Å². The van der Waals surface area contributed by atoms with Crippen LogP contribution in [0.2, 0.25) is 0 Å². The lowest BCUT2D eigenvalue weighted by Crippen LogP contribution is -2.06. The first-order valence-corrected chi connectivity index (χ1v) is 8.02. The molecule has 0 aliphatic carbocycles. The molecule has 0 radical (unpaired) electrons. The number of hydrogen-bond donors (Lipinski definition) is 2. The smallest absolute Gasteiger partial charge is 0.131 e. The van der Waals surface area contributed by atoms with Gasteiger partial charge in [0.2, 0.25) is 0 Å². The largest absolute Gasteiger partial charge is 0.384 e. The molecule has 3 nitrogen and oxygen atoms in total. The van der Waals surface area contributed by atoms with Crippen LogP contribution in [-0.2, 0) is 6.42 Å². The van der Waals surface area contributed by atoms with Crippen molar-refractivity contribution in [1.29, 1.82) is 0 Å². The zero-order chi connectivity index (χ0) is 16.8. The zero-order valence-electron chi connectivity index (χ0n) is 13.4. The molecule has 122 valence electrons. The summed E-state index contributed by atoms with van der Waals surface area (Å²) >= 11 is 0. The van der Waals surface area contributed by atoms with Crippen LogP contribution in [0.3, 0.4) is 0 Å². The molecule has 3 aromatic rings. The molecule has 0 saturated heterocycles. The van der Waals surface area contributed by atoms with Crippen molar-refractivity contribution in [3.05, 3.63) is 78.2 Å². The Bertz CT molecular complexity index is 803. The molecule has 4 heteroatoms. The number of nitrogens with zero attached hydrogens (tertiary/aromatic N) is 1. The van der Waals surface area contributed by atoms with Crippen LogP contribution in [0.25, 0.3) is 11.1 Å². The molecule has 24 heavy (non-hydrogen) atoms. The van der Waals surface area contributed by atoms with Crippen LogP contribution in [-0.4, -0.2) is 11.5 Å². The molecule has 0 unspecified atom stereocenters. The van der Waals surface area contributed by atoms with Crippen LogP contribution in [0.5, 0.6) is 0 Å². The summed E-state index contributed by atoms with van der Waals surface area (Å²) in [6, 6.07) is 18.8. The summed E-state index contributed by atoms with van der Waals surface area (Å²) in [7, 11) is 0. The van der Waals surface area contributed by atoms with E-state index in [-0.39, 0.29) is 5.82 Å². The normalized spacial score (nSPS) is 10.5. The third-order valence-electron chi connectivity index (χ3n) is 3.89. The van der Waals surface area contributed by atoms with Crippen molar-refractivity contribution in [3.8, 4) is 11.1 Å². The molecule has 1 aromatic heterocycles. The lowest BCUT2D eigenvalue weighted by atomic mass is 10.0. The highest BCUT2D eigenvalue weighted by molar-refractivity contribution is 5.79. The number of halogens is 1. The van der Waals surface area contributed by atoms with Gasteiger partial charge >= 0.3 is 0 Å². The topological polar surface area (TPSA) is 50.9 Å². The van der Waals surface area contributed by atoms with E-state index in [2.05, 4.69) is 22.4 Å². The van der Waals surface area contributed by atoms with Gasteiger partial charge in [-0.3, -0.25) is 0 Å². The highest BCUT2D eigenvalue weighted by Crippen LogP contribution is 2.30. The highest BCUT2D eigenvalue weighted by Gasteiger charge is 2.10. The predicted octanol–water partition coefficient (Wildman–Crippen LogP) is 4.51. The first-order chi connectivity index (χ1) is 11.7. The Kier molecular flexibility index (Phi) is 5.06. The quantitative estimate of drug-likeness (QED) is 0.657. The van der Waals surface area contributed by atoms with Gasteiger partial charge < -0.3 is 11.1 Å². The van der Waals surface area contributed by atoms with Gasteiger partial charge in [-0.15, -0.1) is 0 Å². The minimum absolute atomic E-state index is 0.267. The second-order valence-corrected chi connectivity index (χ2v) is 5.65. The third-order valence-corrected chi connectivity index (χ3v) is 3.89. The van der Waals surface area contributed by atoms with Crippen molar-refractivity contribution in [2.75, 3.05) is 17.6 Å². The average Bonchev–Trinajstić information content (AvgIpc) is 2.61. The monoisotopic (exact) mass is 321 g/mol. The Labute approximate surface area is 141 Å². The van der Waals surface area contributed by atoms with Crippen molar-refractivity contribution in [2.45, 2.75) is 12.8 Å². The van der Waals surface area contributed by atoms with Gasteiger partial charge in [0.25, 0.3) is 0 Å². The molecule has 0 saturated carbocycles. The minimum atomic E-state index is -0.267. The number of nitrogens with one attached hydrogen (secondary N) is 1. The Morgan fingerprint density at radius 3 is 2.50 bits per heavy atom. The van der Waals surface area contributed by atoms with E-state index in [1.165, 1.54) is 11.6 Å². The van der Waals surface area contributed by atoms with E-state index < -0.39 is 0 Å². The first-order valence-electron chi connectivity index (χ1n) is 8.02. The molecule has 1 heterocycles. The molecule has 3 rings (SSSR count). The third kappa shape index (κ3) is 3.90. The minimum Gasteiger partial charge on any atom is -0.384 e. The zero-order valence-corrected chi connectivity index (χ0v) is 13.4. The average molecular weight is 321 g/mol. The molecule has 0 bridgehead atoms. The fourth-order valence-corrected chi connectivity index (χ4v) is 2.67. The number of benzene rings is 2. The maximum absolute atomic E-state index is 14.1. The summed E-state index contributed by atoms with van der Waals surface area (Å²) in [6.07, 6.45) is 3.58. The van der Waals surface area contributed by atoms with Gasteiger partial charge in [-0.1, -0.05) is 48.5 Å². The second-order valence-electron chi connectivity index (χ2n) is 5.65. The van der Waals surface area contributed by atoms with E-state index in [4.69, 9.17) is 5.73 Å². The maximum atomic E-state index is 14.1. The van der Waals surface area contributed by atoms with Gasteiger partial charge in [0.15, 0.2) is 0 Å². The Balaban J connectivity index is 1.71. The van der Waals surface area contributed by atoms with E-state index in [9.17, 15) is 4.39 Å². The van der Waals surface area contributed by atoms with Gasteiger partial charge in [-0.25, -0.2) is 9.37 Å². The van der Waals surface area contributed by atoms with Crippen LogP contribution in [0.4, 0.5) is 15.9 Å². The molecule has 0 aliphatic heterocycles. The SMILES string of the molecule is Nc1cc(NCCCc2ccccc2)c(-c2ccccc2F)cn1. The van der Waals surface area contributed by atoms with Crippen molar-refractivity contribution in [2.24, 2.45) is 0 Å². The molecule has 2 aromatic carbocycles. The lowest BCUT2D eigenvalue weighted by molar-refractivity contribution is 0.631. The van der Waals surface area contributed by atoms with Crippen LogP contribution < -0.4 is 11.1 Å². The molecule has 0 amide bonds. The number of aromatic nitrogens is 1. The summed E-state index contributed by atoms with van der Waals surface area (Å²) in [6.45, 7) is 0.778. The number of hydrogen-bond acceptors (Lipinski definition) is 3. The molecular weight excluding hydrogens is 301 g/mol. The number of rotatable bonds is 6. The summed E-state index contributed by atoms with van der Waals surface area (Å²) in [5.74, 6) is 0.150.